The summed E-state index contributed by atoms with van der Waals surface area (Å²) in [5.41, 5.74) is -0.945. The first kappa shape index (κ1) is 22.4. The number of alkyl halides is 3. The average molecular weight is 423 g/mol. The Morgan fingerprint density at radius 3 is 2.26 bits per heavy atom. The number of halogens is 3. The standard InChI is InChI=1S/C19H29F3O3SSi/c1-13(15-9-14(10-15)12-18(2,3)27(4,5)25)26(23,24)17-8-6-7-16(11-17)19(20,21)22/h6-8,11,13-15,25H,9-10,12H2,1-5H3/t13?,14-,15+. The molecule has 0 spiro atoms. The van der Waals surface area contributed by atoms with Crippen molar-refractivity contribution in [1.29, 1.82) is 0 Å². The van der Waals surface area contributed by atoms with Crippen molar-refractivity contribution in [1.82, 2.24) is 0 Å². The first-order valence-corrected chi connectivity index (χ1v) is 13.7. The summed E-state index contributed by atoms with van der Waals surface area (Å²) < 4.78 is 64.3. The van der Waals surface area contributed by atoms with E-state index in [1.54, 1.807) is 6.92 Å². The third-order valence-electron chi connectivity index (χ3n) is 6.37. The number of hydrogen-bond acceptors (Lipinski definition) is 3. The third kappa shape index (κ3) is 4.77. The molecule has 154 valence electrons. The van der Waals surface area contributed by atoms with Crippen molar-refractivity contribution in [3.05, 3.63) is 29.8 Å². The Hall–Kier alpha value is -0.863. The molecule has 0 aromatic heterocycles. The van der Waals surface area contributed by atoms with Crippen LogP contribution in [0.2, 0.25) is 18.1 Å². The number of rotatable bonds is 6. The second kappa shape index (κ2) is 7.19. The second-order valence-electron chi connectivity index (χ2n) is 9.02. The van der Waals surface area contributed by atoms with Crippen LogP contribution in [0, 0.1) is 11.8 Å². The van der Waals surface area contributed by atoms with Gasteiger partial charge in [0.05, 0.1) is 15.7 Å². The highest BCUT2D eigenvalue weighted by Gasteiger charge is 2.45. The van der Waals surface area contributed by atoms with E-state index in [0.717, 1.165) is 37.5 Å². The average Bonchev–Trinajstić information content (AvgIpc) is 2.48. The van der Waals surface area contributed by atoms with Gasteiger partial charge in [0.15, 0.2) is 18.2 Å². The van der Waals surface area contributed by atoms with Crippen LogP contribution in [-0.4, -0.2) is 26.8 Å². The fourth-order valence-electron chi connectivity index (χ4n) is 3.63. The molecule has 0 radical (unpaired) electrons. The van der Waals surface area contributed by atoms with Gasteiger partial charge in [-0.25, -0.2) is 8.42 Å². The zero-order valence-corrected chi connectivity index (χ0v) is 18.3. The van der Waals surface area contributed by atoms with Crippen molar-refractivity contribution >= 4 is 18.2 Å². The zero-order chi connectivity index (χ0) is 20.8. The molecule has 27 heavy (non-hydrogen) atoms. The van der Waals surface area contributed by atoms with E-state index in [9.17, 15) is 26.4 Å². The van der Waals surface area contributed by atoms with E-state index >= 15 is 0 Å². The van der Waals surface area contributed by atoms with Crippen LogP contribution in [0.15, 0.2) is 29.2 Å². The summed E-state index contributed by atoms with van der Waals surface area (Å²) in [4.78, 5) is 10.1. The molecule has 3 nitrogen and oxygen atoms in total. The first-order valence-electron chi connectivity index (χ1n) is 9.19. The van der Waals surface area contributed by atoms with E-state index < -0.39 is 35.1 Å². The minimum absolute atomic E-state index is 0.0613. The van der Waals surface area contributed by atoms with Gasteiger partial charge in [-0.1, -0.05) is 19.9 Å². The molecule has 1 aliphatic carbocycles. The summed E-state index contributed by atoms with van der Waals surface area (Å²) in [6, 6.07) is 3.99. The predicted octanol–water partition coefficient (Wildman–Crippen LogP) is 5.26. The molecule has 1 N–H and O–H groups in total. The van der Waals surface area contributed by atoms with Gasteiger partial charge in [-0.2, -0.15) is 13.2 Å². The molecular weight excluding hydrogens is 393 g/mol. The summed E-state index contributed by atoms with van der Waals surface area (Å²) in [6.45, 7) is 9.50. The number of benzene rings is 1. The largest absolute Gasteiger partial charge is 0.432 e. The first-order chi connectivity index (χ1) is 12.1. The van der Waals surface area contributed by atoms with Gasteiger partial charge in [0.2, 0.25) is 0 Å². The molecule has 0 bridgehead atoms. The van der Waals surface area contributed by atoms with Crippen molar-refractivity contribution in [3.63, 3.8) is 0 Å². The molecule has 1 aromatic carbocycles. The van der Waals surface area contributed by atoms with Gasteiger partial charge >= 0.3 is 6.18 Å². The Morgan fingerprint density at radius 2 is 1.78 bits per heavy atom. The Morgan fingerprint density at radius 1 is 1.22 bits per heavy atom. The lowest BCUT2D eigenvalue weighted by molar-refractivity contribution is -0.137. The Kier molecular flexibility index (Phi) is 5.97. The van der Waals surface area contributed by atoms with E-state index in [1.165, 1.54) is 6.07 Å². The molecule has 1 atom stereocenters. The molecule has 1 saturated carbocycles. The fraction of sp³-hybridized carbons (Fsp3) is 0.684. The lowest BCUT2D eigenvalue weighted by Gasteiger charge is -2.45. The lowest BCUT2D eigenvalue weighted by Crippen LogP contribution is -2.43. The molecule has 1 fully saturated rings. The monoisotopic (exact) mass is 422 g/mol. The Labute approximate surface area is 161 Å². The van der Waals surface area contributed by atoms with Gasteiger partial charge in [-0.05, 0) is 74.4 Å². The van der Waals surface area contributed by atoms with E-state index in [-0.39, 0.29) is 15.9 Å². The highest BCUT2D eigenvalue weighted by Crippen LogP contribution is 2.50. The van der Waals surface area contributed by atoms with Crippen molar-refractivity contribution < 1.29 is 26.4 Å². The Bertz CT molecular complexity index is 776. The van der Waals surface area contributed by atoms with Gasteiger partial charge < -0.3 is 4.80 Å². The van der Waals surface area contributed by atoms with Gasteiger partial charge in [-0.15, -0.1) is 0 Å². The summed E-state index contributed by atoms with van der Waals surface area (Å²) >= 11 is 0. The van der Waals surface area contributed by atoms with Crippen LogP contribution >= 0.6 is 0 Å². The summed E-state index contributed by atoms with van der Waals surface area (Å²) in [5.74, 6) is 0.289. The highest BCUT2D eigenvalue weighted by molar-refractivity contribution is 7.92. The van der Waals surface area contributed by atoms with Gasteiger partial charge in [0.1, 0.15) is 0 Å². The van der Waals surface area contributed by atoms with E-state index in [1.807, 2.05) is 13.1 Å². The van der Waals surface area contributed by atoms with Crippen molar-refractivity contribution in [2.24, 2.45) is 11.8 Å². The zero-order valence-electron chi connectivity index (χ0n) is 16.5. The molecular formula is C19H29F3O3SSi. The quantitative estimate of drug-likeness (QED) is 0.636. The number of hydrogen-bond donors (Lipinski definition) is 1. The maximum Gasteiger partial charge on any atom is 0.416 e. The number of sulfone groups is 1. The van der Waals surface area contributed by atoms with E-state index in [0.29, 0.717) is 5.92 Å². The van der Waals surface area contributed by atoms with Crippen LogP contribution in [0.3, 0.4) is 0 Å². The topological polar surface area (TPSA) is 54.4 Å². The molecule has 1 aromatic rings. The summed E-state index contributed by atoms with van der Waals surface area (Å²) in [7, 11) is -6.14. The normalized spacial score (nSPS) is 23.0. The van der Waals surface area contributed by atoms with Crippen LogP contribution in [-0.2, 0) is 16.0 Å². The van der Waals surface area contributed by atoms with Gasteiger partial charge in [0.25, 0.3) is 0 Å². The lowest BCUT2D eigenvalue weighted by atomic mass is 9.70. The van der Waals surface area contributed by atoms with Crippen molar-refractivity contribution in [3.8, 4) is 0 Å². The minimum atomic E-state index is -4.57. The predicted molar refractivity (Wildman–Crippen MR) is 103 cm³/mol. The summed E-state index contributed by atoms with van der Waals surface area (Å²) in [5, 5.41) is -0.883. The molecule has 0 aliphatic heterocycles. The van der Waals surface area contributed by atoms with Crippen LogP contribution in [0.4, 0.5) is 13.2 Å². The van der Waals surface area contributed by atoms with Crippen LogP contribution < -0.4 is 0 Å². The smallest absolute Gasteiger partial charge is 0.416 e. The maximum atomic E-state index is 12.9. The highest BCUT2D eigenvalue weighted by atomic mass is 32.2. The molecule has 0 amide bonds. The fourth-order valence-corrected chi connectivity index (χ4v) is 6.13. The van der Waals surface area contributed by atoms with Crippen LogP contribution in [0.25, 0.3) is 0 Å². The van der Waals surface area contributed by atoms with E-state index in [4.69, 9.17) is 0 Å². The second-order valence-corrected chi connectivity index (χ2v) is 15.8. The summed E-state index contributed by atoms with van der Waals surface area (Å²) in [6.07, 6.45) is -2.26. The molecule has 0 saturated heterocycles. The maximum absolute atomic E-state index is 12.9. The third-order valence-corrected chi connectivity index (χ3v) is 12.2. The van der Waals surface area contributed by atoms with Crippen LogP contribution in [0.5, 0.6) is 0 Å². The van der Waals surface area contributed by atoms with Crippen LogP contribution in [0.1, 0.15) is 45.6 Å². The van der Waals surface area contributed by atoms with Gasteiger partial charge in [0, 0.05) is 0 Å². The minimum Gasteiger partial charge on any atom is -0.432 e. The van der Waals surface area contributed by atoms with Crippen molar-refractivity contribution in [2.75, 3.05) is 0 Å². The van der Waals surface area contributed by atoms with Crippen molar-refractivity contribution in [2.45, 2.75) is 74.5 Å². The van der Waals surface area contributed by atoms with E-state index in [2.05, 4.69) is 13.8 Å². The molecule has 0 heterocycles. The molecule has 2 rings (SSSR count). The Balaban J connectivity index is 2.08. The molecule has 8 heteroatoms. The molecule has 1 unspecified atom stereocenters. The SMILES string of the molecule is CC([C@H]1C[C@@H](CC(C)(C)[Si](C)(C)O)C1)S(=O)(=O)c1cccc(C(F)(F)F)c1. The van der Waals surface area contributed by atoms with Gasteiger partial charge in [-0.3, -0.25) is 0 Å². The molecule has 1 aliphatic rings.